The number of amides is 1. The van der Waals surface area contributed by atoms with Gasteiger partial charge in [-0.3, -0.25) is 4.79 Å². The van der Waals surface area contributed by atoms with Crippen molar-refractivity contribution in [2.24, 2.45) is 5.92 Å². The highest BCUT2D eigenvalue weighted by molar-refractivity contribution is 5.93. The third-order valence-electron chi connectivity index (χ3n) is 4.22. The lowest BCUT2D eigenvalue weighted by Gasteiger charge is -2.22. The van der Waals surface area contributed by atoms with Gasteiger partial charge >= 0.3 is 0 Å². The molecule has 3 rings (SSSR count). The van der Waals surface area contributed by atoms with Crippen LogP contribution in [0.3, 0.4) is 0 Å². The van der Waals surface area contributed by atoms with Crippen molar-refractivity contribution in [3.05, 3.63) is 65.7 Å². The molecule has 1 amide bonds. The summed E-state index contributed by atoms with van der Waals surface area (Å²) in [5.74, 6) is 0.285. The summed E-state index contributed by atoms with van der Waals surface area (Å²) < 4.78 is 0. The quantitative estimate of drug-likeness (QED) is 0.909. The maximum atomic E-state index is 12.4. The summed E-state index contributed by atoms with van der Waals surface area (Å²) >= 11 is 0. The number of para-hydroxylation sites is 1. The number of carbonyl (C=O) groups is 1. The van der Waals surface area contributed by atoms with Gasteiger partial charge in [-0.25, -0.2) is 0 Å². The Morgan fingerprint density at radius 1 is 1.00 bits per heavy atom. The Labute approximate surface area is 131 Å². The lowest BCUT2D eigenvalue weighted by molar-refractivity contribution is -0.120. The van der Waals surface area contributed by atoms with Crippen molar-refractivity contribution in [2.45, 2.75) is 19.3 Å². The van der Waals surface area contributed by atoms with Crippen LogP contribution < -0.4 is 10.6 Å². The van der Waals surface area contributed by atoms with E-state index in [1.807, 2.05) is 36.4 Å². The second kappa shape index (κ2) is 7.23. The van der Waals surface area contributed by atoms with E-state index in [-0.39, 0.29) is 11.8 Å². The van der Waals surface area contributed by atoms with Crippen LogP contribution in [0, 0.1) is 5.92 Å². The molecule has 0 aromatic heterocycles. The highest BCUT2D eigenvalue weighted by Crippen LogP contribution is 2.21. The van der Waals surface area contributed by atoms with Gasteiger partial charge in [-0.15, -0.1) is 0 Å². The van der Waals surface area contributed by atoms with Crippen LogP contribution in [-0.2, 0) is 11.2 Å². The fourth-order valence-electron chi connectivity index (χ4n) is 2.93. The van der Waals surface area contributed by atoms with E-state index in [1.165, 1.54) is 5.56 Å². The maximum Gasteiger partial charge on any atom is 0.227 e. The van der Waals surface area contributed by atoms with Gasteiger partial charge in [0.15, 0.2) is 0 Å². The Kier molecular flexibility index (Phi) is 4.86. The fraction of sp³-hybridized carbons (Fsp3) is 0.316. The predicted octanol–water partition coefficient (Wildman–Crippen LogP) is 3.22. The fourth-order valence-corrected chi connectivity index (χ4v) is 2.93. The third-order valence-corrected chi connectivity index (χ3v) is 4.22. The van der Waals surface area contributed by atoms with Crippen molar-refractivity contribution in [1.29, 1.82) is 0 Å². The molecule has 3 heteroatoms. The molecule has 0 radical (unpaired) electrons. The number of rotatable bonds is 4. The number of piperidine rings is 1. The van der Waals surface area contributed by atoms with Crippen molar-refractivity contribution in [3.63, 3.8) is 0 Å². The summed E-state index contributed by atoms with van der Waals surface area (Å²) in [6, 6.07) is 18.4. The van der Waals surface area contributed by atoms with Crippen LogP contribution in [0.4, 0.5) is 5.69 Å². The number of benzene rings is 2. The van der Waals surface area contributed by atoms with Crippen LogP contribution in [0.5, 0.6) is 0 Å². The van der Waals surface area contributed by atoms with E-state index >= 15 is 0 Å². The molecular weight excluding hydrogens is 272 g/mol. The maximum absolute atomic E-state index is 12.4. The molecule has 0 bridgehead atoms. The molecule has 1 saturated heterocycles. The van der Waals surface area contributed by atoms with E-state index in [4.69, 9.17) is 0 Å². The smallest absolute Gasteiger partial charge is 0.227 e. The number of hydrogen-bond acceptors (Lipinski definition) is 2. The van der Waals surface area contributed by atoms with Gasteiger partial charge in [0.1, 0.15) is 0 Å². The van der Waals surface area contributed by atoms with Crippen LogP contribution >= 0.6 is 0 Å². The Balaban J connectivity index is 1.72. The molecule has 1 heterocycles. The minimum atomic E-state index is 0.131. The highest BCUT2D eigenvalue weighted by Gasteiger charge is 2.21. The van der Waals surface area contributed by atoms with Gasteiger partial charge in [0.25, 0.3) is 0 Å². The highest BCUT2D eigenvalue weighted by atomic mass is 16.1. The van der Waals surface area contributed by atoms with E-state index in [9.17, 15) is 4.79 Å². The topological polar surface area (TPSA) is 41.1 Å². The van der Waals surface area contributed by atoms with E-state index in [0.717, 1.165) is 43.6 Å². The Morgan fingerprint density at radius 2 is 1.68 bits per heavy atom. The van der Waals surface area contributed by atoms with Crippen molar-refractivity contribution >= 4 is 11.6 Å². The molecule has 2 N–H and O–H groups in total. The first-order chi connectivity index (χ1) is 10.8. The van der Waals surface area contributed by atoms with Gasteiger partial charge in [-0.1, -0.05) is 48.5 Å². The molecule has 3 nitrogen and oxygen atoms in total. The van der Waals surface area contributed by atoms with Crippen LogP contribution in [0.1, 0.15) is 24.0 Å². The second-order valence-electron chi connectivity index (χ2n) is 5.83. The number of carbonyl (C=O) groups excluding carboxylic acids is 1. The summed E-state index contributed by atoms with van der Waals surface area (Å²) in [6.45, 7) is 1.87. The van der Waals surface area contributed by atoms with Gasteiger partial charge in [0.2, 0.25) is 5.91 Å². The molecule has 1 aliphatic heterocycles. The summed E-state index contributed by atoms with van der Waals surface area (Å²) in [5, 5.41) is 6.43. The normalized spacial score (nSPS) is 15.5. The molecule has 0 atom stereocenters. The van der Waals surface area contributed by atoms with Gasteiger partial charge < -0.3 is 10.6 Å². The van der Waals surface area contributed by atoms with Gasteiger partial charge in [-0.2, -0.15) is 0 Å². The summed E-state index contributed by atoms with van der Waals surface area (Å²) in [4.78, 5) is 12.4. The van der Waals surface area contributed by atoms with Crippen molar-refractivity contribution in [3.8, 4) is 0 Å². The van der Waals surface area contributed by atoms with Crippen LogP contribution in [0.15, 0.2) is 54.6 Å². The second-order valence-corrected chi connectivity index (χ2v) is 5.83. The molecular formula is C19H22N2O. The zero-order valence-electron chi connectivity index (χ0n) is 12.7. The molecule has 1 aliphatic rings. The zero-order chi connectivity index (χ0) is 15.2. The van der Waals surface area contributed by atoms with Crippen molar-refractivity contribution in [1.82, 2.24) is 5.32 Å². The van der Waals surface area contributed by atoms with Gasteiger partial charge in [0, 0.05) is 11.6 Å². The van der Waals surface area contributed by atoms with Crippen molar-refractivity contribution < 1.29 is 4.79 Å². The lowest BCUT2D eigenvalue weighted by atomic mass is 9.96. The number of hydrogen-bond donors (Lipinski definition) is 2. The SMILES string of the molecule is O=C(Nc1ccccc1Cc1ccccc1)C1CCNCC1. The largest absolute Gasteiger partial charge is 0.326 e. The summed E-state index contributed by atoms with van der Waals surface area (Å²) in [7, 11) is 0. The standard InChI is InChI=1S/C19H22N2O/c22-19(16-10-12-20-13-11-16)21-18-9-5-4-8-17(18)14-15-6-2-1-3-7-15/h1-9,16,20H,10-14H2,(H,21,22). The third kappa shape index (κ3) is 3.74. The van der Waals surface area contributed by atoms with Gasteiger partial charge in [0.05, 0.1) is 0 Å². The summed E-state index contributed by atoms with van der Waals surface area (Å²) in [5.41, 5.74) is 3.36. The molecule has 1 fully saturated rings. The average molecular weight is 294 g/mol. The first-order valence-corrected chi connectivity index (χ1v) is 7.96. The zero-order valence-corrected chi connectivity index (χ0v) is 12.7. The van der Waals surface area contributed by atoms with Gasteiger partial charge in [-0.05, 0) is 49.5 Å². The summed E-state index contributed by atoms with van der Waals surface area (Å²) in [6.07, 6.45) is 2.68. The van der Waals surface area contributed by atoms with Crippen LogP contribution in [0.25, 0.3) is 0 Å². The molecule has 2 aromatic rings. The number of nitrogens with one attached hydrogen (secondary N) is 2. The lowest BCUT2D eigenvalue weighted by Crippen LogP contribution is -2.34. The first-order valence-electron chi connectivity index (χ1n) is 7.96. The molecule has 2 aromatic carbocycles. The molecule has 0 unspecified atom stereocenters. The monoisotopic (exact) mass is 294 g/mol. The number of anilines is 1. The Morgan fingerprint density at radius 3 is 2.45 bits per heavy atom. The molecule has 0 spiro atoms. The molecule has 114 valence electrons. The first kappa shape index (κ1) is 14.8. The van der Waals surface area contributed by atoms with E-state index in [0.29, 0.717) is 0 Å². The molecule has 0 aliphatic carbocycles. The Hall–Kier alpha value is -2.13. The Bertz CT molecular complexity index is 618. The minimum absolute atomic E-state index is 0.131. The van der Waals surface area contributed by atoms with E-state index < -0.39 is 0 Å². The van der Waals surface area contributed by atoms with Crippen LogP contribution in [-0.4, -0.2) is 19.0 Å². The average Bonchev–Trinajstić information content (AvgIpc) is 2.58. The van der Waals surface area contributed by atoms with Crippen LogP contribution in [0.2, 0.25) is 0 Å². The molecule has 0 saturated carbocycles. The minimum Gasteiger partial charge on any atom is -0.326 e. The van der Waals surface area contributed by atoms with Crippen molar-refractivity contribution in [2.75, 3.05) is 18.4 Å². The van der Waals surface area contributed by atoms with E-state index in [1.54, 1.807) is 0 Å². The van der Waals surface area contributed by atoms with E-state index in [2.05, 4.69) is 28.8 Å². The predicted molar refractivity (Wildman–Crippen MR) is 89.9 cm³/mol. The molecule has 22 heavy (non-hydrogen) atoms.